The van der Waals surface area contributed by atoms with Crippen LogP contribution >= 0.6 is 0 Å². The maximum atomic E-state index is 12.0. The number of aliphatic hydroxyl groups excluding tert-OH is 9. The molecule has 0 aromatic rings. The zero-order valence-electron chi connectivity index (χ0n) is 24.0. The second-order valence-corrected chi connectivity index (χ2v) is 9.13. The van der Waals surface area contributed by atoms with Crippen LogP contribution in [0.2, 0.25) is 0 Å². The molecule has 0 aliphatic carbocycles. The van der Waals surface area contributed by atoms with E-state index in [1.54, 1.807) is 0 Å². The van der Waals surface area contributed by atoms with Crippen LogP contribution in [0, 0.1) is 5.92 Å². The van der Waals surface area contributed by atoms with Crippen molar-refractivity contribution in [2.75, 3.05) is 39.6 Å². The predicted octanol–water partition coefficient (Wildman–Crippen LogP) is 0.363. The van der Waals surface area contributed by atoms with Crippen LogP contribution in [0.25, 0.3) is 0 Å². The van der Waals surface area contributed by atoms with Gasteiger partial charge in [0, 0.05) is 6.42 Å². The van der Waals surface area contributed by atoms with E-state index in [0.717, 1.165) is 38.5 Å². The van der Waals surface area contributed by atoms with Gasteiger partial charge in [0.05, 0.1) is 39.6 Å². The molecule has 1 atom stereocenters. The first-order chi connectivity index (χ1) is 18.6. The molecule has 0 bridgehead atoms. The number of hydrogen-bond donors (Lipinski definition) is 10. The Balaban J connectivity index is -0.000000274. The van der Waals surface area contributed by atoms with Crippen LogP contribution < -0.4 is 0 Å². The molecule has 0 radical (unpaired) electrons. The smallest absolute Gasteiger partial charge is 0.314 e. The molecule has 0 heterocycles. The van der Waals surface area contributed by atoms with Crippen molar-refractivity contribution in [3.05, 3.63) is 0 Å². The SMILES string of the molecule is CCCCCCCCC(C(=O)O)C(=O)CCCCCCC.OCC(O)CO.OCC(O)CO.OCC(O)CO. The van der Waals surface area contributed by atoms with E-state index in [1.807, 2.05) is 0 Å². The first kappa shape index (κ1) is 44.8. The summed E-state index contributed by atoms with van der Waals surface area (Å²) >= 11 is 0. The fraction of sp³-hybridized carbons (Fsp3) is 0.926. The van der Waals surface area contributed by atoms with Crippen LogP contribution in [0.15, 0.2) is 0 Å². The van der Waals surface area contributed by atoms with Gasteiger partial charge in [0.1, 0.15) is 30.0 Å². The number of rotatable bonds is 21. The molecule has 0 saturated heterocycles. The minimum absolute atomic E-state index is 0.0624. The second kappa shape index (κ2) is 36.8. The fourth-order valence-electron chi connectivity index (χ4n) is 2.80. The Morgan fingerprint density at radius 3 is 1.10 bits per heavy atom. The molecule has 0 rings (SSSR count). The second-order valence-electron chi connectivity index (χ2n) is 9.13. The number of aliphatic carboxylic acids is 1. The number of carboxylic acids is 1. The van der Waals surface area contributed by atoms with Gasteiger partial charge in [-0.15, -0.1) is 0 Å². The number of unbranched alkanes of at least 4 members (excludes halogenated alkanes) is 9. The lowest BCUT2D eigenvalue weighted by Gasteiger charge is -2.11. The third-order valence-electron chi connectivity index (χ3n) is 5.32. The summed E-state index contributed by atoms with van der Waals surface area (Å²) in [6.45, 7) is 2.15. The number of hydrogen-bond acceptors (Lipinski definition) is 11. The van der Waals surface area contributed by atoms with Gasteiger partial charge in [-0.25, -0.2) is 0 Å². The van der Waals surface area contributed by atoms with E-state index in [0.29, 0.717) is 12.8 Å². The molecule has 0 spiro atoms. The highest BCUT2D eigenvalue weighted by Gasteiger charge is 2.24. The Hall–Kier alpha value is -1.22. The Labute approximate surface area is 234 Å². The Bertz CT molecular complexity index is 458. The summed E-state index contributed by atoms with van der Waals surface area (Å²) < 4.78 is 0. The number of Topliss-reactive ketones (excluding diaryl/α,β-unsaturated/α-hetero) is 1. The summed E-state index contributed by atoms with van der Waals surface area (Å²) in [7, 11) is 0. The Morgan fingerprint density at radius 1 is 0.513 bits per heavy atom. The molecular weight excluding hydrogens is 516 g/mol. The molecule has 12 nitrogen and oxygen atoms in total. The van der Waals surface area contributed by atoms with Gasteiger partial charge < -0.3 is 51.1 Å². The number of ketones is 1. The van der Waals surface area contributed by atoms with Gasteiger partial charge in [0.2, 0.25) is 0 Å². The summed E-state index contributed by atoms with van der Waals surface area (Å²) in [5.41, 5.74) is 0. The van der Waals surface area contributed by atoms with Crippen molar-refractivity contribution in [1.29, 1.82) is 0 Å². The third kappa shape index (κ3) is 39.0. The average molecular weight is 575 g/mol. The number of carbonyl (C=O) groups is 2. The number of carboxylic acid groups (broad SMARTS) is 1. The molecule has 0 aliphatic rings. The van der Waals surface area contributed by atoms with E-state index in [2.05, 4.69) is 13.8 Å². The highest BCUT2D eigenvalue weighted by Crippen LogP contribution is 2.17. The van der Waals surface area contributed by atoms with Crippen LogP contribution in [-0.4, -0.2) is 121 Å². The summed E-state index contributed by atoms with van der Waals surface area (Å²) in [5, 5.41) is 81.3. The monoisotopic (exact) mass is 574 g/mol. The van der Waals surface area contributed by atoms with E-state index in [-0.39, 0.29) is 45.4 Å². The standard InChI is InChI=1S/C18H34O3.3C3H8O3/c1-3-5-7-9-11-12-14-16(18(20)21)17(19)15-13-10-8-6-4-2;3*4-1-3(6)2-5/h16H,3-15H2,1-2H3,(H,20,21);3*3-6H,1-2H2. The van der Waals surface area contributed by atoms with Crippen molar-refractivity contribution in [3.8, 4) is 0 Å². The maximum absolute atomic E-state index is 12.0. The zero-order valence-corrected chi connectivity index (χ0v) is 24.0. The lowest BCUT2D eigenvalue weighted by molar-refractivity contribution is -0.146. The molecule has 0 saturated carbocycles. The molecule has 0 fully saturated rings. The highest BCUT2D eigenvalue weighted by molar-refractivity contribution is 5.98. The van der Waals surface area contributed by atoms with Crippen molar-refractivity contribution in [2.24, 2.45) is 5.92 Å². The van der Waals surface area contributed by atoms with E-state index in [4.69, 9.17) is 46.0 Å². The van der Waals surface area contributed by atoms with Gasteiger partial charge in [0.15, 0.2) is 0 Å². The lowest BCUT2D eigenvalue weighted by atomic mass is 9.93. The molecule has 39 heavy (non-hydrogen) atoms. The molecule has 0 aromatic heterocycles. The quantitative estimate of drug-likeness (QED) is 0.0661. The highest BCUT2D eigenvalue weighted by atomic mass is 16.4. The van der Waals surface area contributed by atoms with E-state index >= 15 is 0 Å². The van der Waals surface area contributed by atoms with Gasteiger partial charge in [-0.3, -0.25) is 9.59 Å². The molecule has 1 unspecified atom stereocenters. The van der Waals surface area contributed by atoms with Crippen LogP contribution in [0.3, 0.4) is 0 Å². The van der Waals surface area contributed by atoms with Crippen molar-refractivity contribution < 1.29 is 60.7 Å². The van der Waals surface area contributed by atoms with Gasteiger partial charge in [-0.1, -0.05) is 78.1 Å². The fourth-order valence-corrected chi connectivity index (χ4v) is 2.80. The predicted molar refractivity (Wildman–Crippen MR) is 148 cm³/mol. The minimum atomic E-state index is -0.954. The summed E-state index contributed by atoms with van der Waals surface area (Å²) in [5.74, 6) is -1.75. The van der Waals surface area contributed by atoms with E-state index in [9.17, 15) is 14.7 Å². The normalized spacial score (nSPS) is 11.2. The van der Waals surface area contributed by atoms with Crippen LogP contribution in [0.1, 0.15) is 97.3 Å². The van der Waals surface area contributed by atoms with E-state index in [1.165, 1.54) is 32.1 Å². The number of carbonyl (C=O) groups excluding carboxylic acids is 1. The van der Waals surface area contributed by atoms with Crippen molar-refractivity contribution >= 4 is 11.8 Å². The van der Waals surface area contributed by atoms with Gasteiger partial charge in [-0.2, -0.15) is 0 Å². The number of aliphatic hydroxyl groups is 9. The maximum Gasteiger partial charge on any atom is 0.314 e. The van der Waals surface area contributed by atoms with Gasteiger partial charge in [0.25, 0.3) is 0 Å². The summed E-state index contributed by atoms with van der Waals surface area (Å²) in [6, 6.07) is 0. The summed E-state index contributed by atoms with van der Waals surface area (Å²) in [6.07, 6.45) is 10.3. The lowest BCUT2D eigenvalue weighted by Crippen LogP contribution is -2.23. The molecular formula is C27H58O12. The molecule has 238 valence electrons. The van der Waals surface area contributed by atoms with Crippen molar-refractivity contribution in [3.63, 3.8) is 0 Å². The van der Waals surface area contributed by atoms with E-state index < -0.39 is 30.2 Å². The van der Waals surface area contributed by atoms with Gasteiger partial charge >= 0.3 is 5.97 Å². The first-order valence-corrected chi connectivity index (χ1v) is 14.0. The van der Waals surface area contributed by atoms with Gasteiger partial charge in [-0.05, 0) is 12.8 Å². The summed E-state index contributed by atoms with van der Waals surface area (Å²) in [4.78, 5) is 23.2. The Kier molecular flexibility index (Phi) is 42.2. The first-order valence-electron chi connectivity index (χ1n) is 14.0. The van der Waals surface area contributed by atoms with Crippen molar-refractivity contribution in [2.45, 2.75) is 116 Å². The van der Waals surface area contributed by atoms with Crippen LogP contribution in [-0.2, 0) is 9.59 Å². The largest absolute Gasteiger partial charge is 0.481 e. The Morgan fingerprint density at radius 2 is 0.821 bits per heavy atom. The molecule has 0 amide bonds. The minimum Gasteiger partial charge on any atom is -0.481 e. The third-order valence-corrected chi connectivity index (χ3v) is 5.32. The molecule has 12 heteroatoms. The average Bonchev–Trinajstić information content (AvgIpc) is 2.95. The zero-order chi connectivity index (χ0) is 30.9. The van der Waals surface area contributed by atoms with Crippen LogP contribution in [0.5, 0.6) is 0 Å². The molecule has 0 aliphatic heterocycles. The topological polar surface area (TPSA) is 236 Å². The molecule has 10 N–H and O–H groups in total. The van der Waals surface area contributed by atoms with Crippen LogP contribution in [0.4, 0.5) is 0 Å². The van der Waals surface area contributed by atoms with Crippen molar-refractivity contribution in [1.82, 2.24) is 0 Å². The molecule has 0 aromatic carbocycles.